The first-order valence-corrected chi connectivity index (χ1v) is 10.4. The van der Waals surface area contributed by atoms with Gasteiger partial charge in [-0.15, -0.1) is 11.3 Å². The van der Waals surface area contributed by atoms with Crippen LogP contribution >= 0.6 is 22.7 Å². The van der Waals surface area contributed by atoms with Gasteiger partial charge < -0.3 is 35.4 Å². The molecular weight excluding hydrogens is 443 g/mol. The lowest BCUT2D eigenvalue weighted by Gasteiger charge is -2.02. The maximum Gasteiger partial charge on any atom is 0.183 e. The van der Waals surface area contributed by atoms with E-state index in [1.165, 1.54) is 26.4 Å². The molecule has 0 aliphatic heterocycles. The Morgan fingerprint density at radius 1 is 0.759 bits per heavy atom. The molecule has 0 radical (unpaired) electrons. The minimum atomic E-state index is 0. The molecule has 0 aliphatic carbocycles. The molecule has 2 aromatic carbocycles. The lowest BCUT2D eigenvalue weighted by Crippen LogP contribution is -3.00. The van der Waals surface area contributed by atoms with Crippen LogP contribution in [0.5, 0.6) is 0 Å². The van der Waals surface area contributed by atoms with Gasteiger partial charge in [0.2, 0.25) is 0 Å². The summed E-state index contributed by atoms with van der Waals surface area (Å²) in [5.41, 5.74) is 3.72. The van der Waals surface area contributed by atoms with Crippen LogP contribution in [0.4, 0.5) is 10.3 Å². The van der Waals surface area contributed by atoms with Crippen LogP contribution in [0.25, 0.3) is 10.4 Å². The van der Waals surface area contributed by atoms with Gasteiger partial charge in [-0.2, -0.15) is 0 Å². The molecule has 4 aromatic rings. The van der Waals surface area contributed by atoms with Gasteiger partial charge in [-0.25, -0.2) is 9.97 Å². The molecule has 2 aromatic heterocycles. The third kappa shape index (κ3) is 6.44. The van der Waals surface area contributed by atoms with E-state index >= 15 is 0 Å². The summed E-state index contributed by atoms with van der Waals surface area (Å²) in [5.74, 6) is 0. The third-order valence-corrected chi connectivity index (χ3v) is 6.05. The normalized spacial score (nSPS) is 9.97. The van der Waals surface area contributed by atoms with E-state index in [2.05, 4.69) is 63.9 Å². The van der Waals surface area contributed by atoms with Crippen molar-refractivity contribution >= 4 is 32.9 Å². The molecule has 0 saturated heterocycles. The predicted molar refractivity (Wildman–Crippen MR) is 115 cm³/mol. The minimum Gasteiger partial charge on any atom is -1.00 e. The van der Waals surface area contributed by atoms with Gasteiger partial charge in [0.25, 0.3) is 0 Å². The second kappa shape index (κ2) is 11.2. The highest BCUT2D eigenvalue weighted by atomic mass is 35.5. The fourth-order valence-corrected chi connectivity index (χ4v) is 4.18. The highest BCUT2D eigenvalue weighted by molar-refractivity contribution is 7.19. The van der Waals surface area contributed by atoms with Crippen LogP contribution < -0.4 is 35.4 Å². The van der Waals surface area contributed by atoms with Crippen LogP contribution in [-0.4, -0.2) is 9.97 Å². The Bertz CT molecular complexity index is 1000. The Kier molecular flexibility index (Phi) is 8.92. The van der Waals surface area contributed by atoms with Crippen molar-refractivity contribution in [2.45, 2.75) is 20.0 Å². The standard InChI is InChI=1S/C21H20N4S2.2ClH/c1-15-7-9-17(10-8-15)19-14-25-21(27-19)24-13-18-12-23-20(26-18)22-11-16-5-3-2-4-6-16;;/h2-10,12,14H,11,13H2,1H3,(H,22,23)(H,24,25);2*1H/p-2. The third-order valence-electron chi connectivity index (χ3n) is 4.10. The maximum absolute atomic E-state index is 4.49. The summed E-state index contributed by atoms with van der Waals surface area (Å²) in [6, 6.07) is 18.9. The fraction of sp³-hybridized carbons (Fsp3) is 0.143. The quantitative estimate of drug-likeness (QED) is 0.399. The topological polar surface area (TPSA) is 49.8 Å². The van der Waals surface area contributed by atoms with E-state index in [0.717, 1.165) is 23.4 Å². The molecule has 152 valence electrons. The van der Waals surface area contributed by atoms with Gasteiger partial charge in [-0.1, -0.05) is 71.5 Å². The molecule has 2 N–H and O–H groups in total. The predicted octanol–water partition coefficient (Wildman–Crippen LogP) is -0.193. The molecule has 29 heavy (non-hydrogen) atoms. The van der Waals surface area contributed by atoms with Gasteiger partial charge in [0, 0.05) is 23.8 Å². The number of aryl methyl sites for hydroxylation is 1. The molecule has 0 atom stereocenters. The second-order valence-corrected chi connectivity index (χ2v) is 8.37. The number of halogens is 2. The summed E-state index contributed by atoms with van der Waals surface area (Å²) < 4.78 is 0. The van der Waals surface area contributed by atoms with Crippen molar-refractivity contribution < 1.29 is 24.8 Å². The average molecular weight is 463 g/mol. The van der Waals surface area contributed by atoms with Crippen molar-refractivity contribution in [3.63, 3.8) is 0 Å². The van der Waals surface area contributed by atoms with Crippen molar-refractivity contribution in [1.29, 1.82) is 0 Å². The number of nitrogens with one attached hydrogen (secondary N) is 2. The van der Waals surface area contributed by atoms with Gasteiger partial charge in [0.15, 0.2) is 10.3 Å². The number of aromatic nitrogens is 2. The smallest absolute Gasteiger partial charge is 0.183 e. The van der Waals surface area contributed by atoms with Gasteiger partial charge in [0.1, 0.15) is 0 Å². The zero-order valence-corrected chi connectivity index (χ0v) is 18.9. The number of hydrogen-bond donors (Lipinski definition) is 2. The Morgan fingerprint density at radius 3 is 2.17 bits per heavy atom. The first-order valence-electron chi connectivity index (χ1n) is 8.75. The molecule has 8 heteroatoms. The van der Waals surface area contributed by atoms with E-state index in [1.807, 2.05) is 30.6 Å². The van der Waals surface area contributed by atoms with E-state index in [-0.39, 0.29) is 24.8 Å². The summed E-state index contributed by atoms with van der Waals surface area (Å²) in [7, 11) is 0. The Labute approximate surface area is 191 Å². The van der Waals surface area contributed by atoms with Crippen LogP contribution in [-0.2, 0) is 13.1 Å². The molecule has 0 saturated carbocycles. The molecule has 4 nitrogen and oxygen atoms in total. The monoisotopic (exact) mass is 462 g/mol. The summed E-state index contributed by atoms with van der Waals surface area (Å²) in [6.07, 6.45) is 3.84. The average Bonchev–Trinajstić information content (AvgIpc) is 3.36. The van der Waals surface area contributed by atoms with Crippen molar-refractivity contribution in [2.24, 2.45) is 0 Å². The zero-order chi connectivity index (χ0) is 18.5. The van der Waals surface area contributed by atoms with Crippen LogP contribution in [0, 0.1) is 6.92 Å². The molecule has 0 amide bonds. The van der Waals surface area contributed by atoms with E-state index in [9.17, 15) is 0 Å². The number of thiazole rings is 2. The van der Waals surface area contributed by atoms with Crippen LogP contribution in [0.3, 0.4) is 0 Å². The second-order valence-electron chi connectivity index (χ2n) is 6.22. The van der Waals surface area contributed by atoms with E-state index in [4.69, 9.17) is 0 Å². The number of benzene rings is 2. The summed E-state index contributed by atoms with van der Waals surface area (Å²) in [6.45, 7) is 3.61. The van der Waals surface area contributed by atoms with Crippen LogP contribution in [0.2, 0.25) is 0 Å². The number of nitrogens with zero attached hydrogens (tertiary/aromatic N) is 2. The van der Waals surface area contributed by atoms with Gasteiger partial charge in [-0.05, 0) is 18.1 Å². The van der Waals surface area contributed by atoms with Gasteiger partial charge >= 0.3 is 0 Å². The SMILES string of the molecule is Cc1ccc(-c2cnc(NCc3cnc(NCc4ccccc4)s3)s2)cc1.[Cl-].[Cl-]. The molecule has 0 aliphatic rings. The molecule has 0 bridgehead atoms. The Hall–Kier alpha value is -2.12. The van der Waals surface area contributed by atoms with Crippen LogP contribution in [0.1, 0.15) is 16.0 Å². The van der Waals surface area contributed by atoms with Crippen molar-refractivity contribution in [3.05, 3.63) is 83.0 Å². The molecule has 0 unspecified atom stereocenters. The maximum atomic E-state index is 4.49. The van der Waals surface area contributed by atoms with E-state index < -0.39 is 0 Å². The zero-order valence-electron chi connectivity index (χ0n) is 15.7. The van der Waals surface area contributed by atoms with Crippen molar-refractivity contribution in [2.75, 3.05) is 10.6 Å². The highest BCUT2D eigenvalue weighted by Crippen LogP contribution is 2.29. The van der Waals surface area contributed by atoms with Gasteiger partial charge in [0.05, 0.1) is 11.4 Å². The highest BCUT2D eigenvalue weighted by Gasteiger charge is 2.06. The number of hydrogen-bond acceptors (Lipinski definition) is 6. The van der Waals surface area contributed by atoms with Gasteiger partial charge in [-0.3, -0.25) is 0 Å². The van der Waals surface area contributed by atoms with Crippen LogP contribution in [0.15, 0.2) is 67.0 Å². The minimum absolute atomic E-state index is 0. The molecule has 0 fully saturated rings. The van der Waals surface area contributed by atoms with E-state index in [0.29, 0.717) is 0 Å². The first-order chi connectivity index (χ1) is 13.3. The fourth-order valence-electron chi connectivity index (χ4n) is 2.61. The Balaban J connectivity index is 0.00000150. The molecule has 2 heterocycles. The van der Waals surface area contributed by atoms with Crippen molar-refractivity contribution in [3.8, 4) is 10.4 Å². The molecule has 4 rings (SSSR count). The first kappa shape index (κ1) is 23.2. The number of anilines is 2. The Morgan fingerprint density at radius 2 is 1.41 bits per heavy atom. The lowest BCUT2D eigenvalue weighted by atomic mass is 10.1. The number of rotatable bonds is 7. The summed E-state index contributed by atoms with van der Waals surface area (Å²) >= 11 is 3.34. The van der Waals surface area contributed by atoms with E-state index in [1.54, 1.807) is 22.7 Å². The molecular formula is C21H20Cl2N4S2-2. The largest absolute Gasteiger partial charge is 1.00 e. The van der Waals surface area contributed by atoms with Crippen molar-refractivity contribution in [1.82, 2.24) is 9.97 Å². The summed E-state index contributed by atoms with van der Waals surface area (Å²) in [4.78, 5) is 11.3. The summed E-state index contributed by atoms with van der Waals surface area (Å²) in [5, 5.41) is 8.64. The molecule has 0 spiro atoms. The lowest BCUT2D eigenvalue weighted by molar-refractivity contribution is -0.001000.